The minimum atomic E-state index is -0.547. The fraction of sp³-hybridized carbons (Fsp3) is 0.222. The molecule has 0 aliphatic rings. The molecule has 23 heavy (non-hydrogen) atoms. The first-order valence-corrected chi connectivity index (χ1v) is 7.59. The van der Waals surface area contributed by atoms with E-state index in [9.17, 15) is 9.59 Å². The van der Waals surface area contributed by atoms with Crippen molar-refractivity contribution in [3.8, 4) is 5.75 Å². The number of carbonyl (C=O) groups is 2. The molecule has 2 aromatic carbocycles. The number of halogens is 1. The van der Waals surface area contributed by atoms with Gasteiger partial charge in [-0.15, -0.1) is 0 Å². The molecule has 0 spiro atoms. The highest BCUT2D eigenvalue weighted by atomic mass is 35.5. The lowest BCUT2D eigenvalue weighted by molar-refractivity contribution is 0.0521. The third-order valence-corrected chi connectivity index (χ3v) is 3.49. The second kappa shape index (κ2) is 7.79. The van der Waals surface area contributed by atoms with Crippen molar-refractivity contribution >= 4 is 23.4 Å². The molecule has 0 N–H and O–H groups in total. The zero-order chi connectivity index (χ0) is 16.8. The predicted octanol–water partition coefficient (Wildman–Crippen LogP) is 4.30. The predicted molar refractivity (Wildman–Crippen MR) is 88.2 cm³/mol. The Morgan fingerprint density at radius 3 is 2.39 bits per heavy atom. The second-order valence-corrected chi connectivity index (χ2v) is 5.29. The molecule has 0 aliphatic heterocycles. The van der Waals surface area contributed by atoms with Crippen LogP contribution in [0.25, 0.3) is 0 Å². The highest BCUT2D eigenvalue weighted by molar-refractivity contribution is 6.34. The first-order chi connectivity index (χ1) is 11.0. The van der Waals surface area contributed by atoms with E-state index in [0.29, 0.717) is 5.75 Å². The van der Waals surface area contributed by atoms with E-state index >= 15 is 0 Å². The van der Waals surface area contributed by atoms with Crippen molar-refractivity contribution in [2.24, 2.45) is 0 Å². The molecule has 0 amide bonds. The summed E-state index contributed by atoms with van der Waals surface area (Å²) in [6, 6.07) is 12.4. The maximum Gasteiger partial charge on any atom is 0.341 e. The topological polar surface area (TPSA) is 52.6 Å². The molecule has 0 bridgehead atoms. The lowest BCUT2D eigenvalue weighted by Gasteiger charge is -2.13. The molecule has 0 heterocycles. The number of ether oxygens (including phenoxy) is 2. The van der Waals surface area contributed by atoms with Crippen LogP contribution in [0.1, 0.15) is 40.1 Å². The van der Waals surface area contributed by atoms with Gasteiger partial charge in [0.25, 0.3) is 0 Å². The summed E-state index contributed by atoms with van der Waals surface area (Å²) in [6.45, 7) is 3.61. The molecule has 2 aromatic rings. The smallest absolute Gasteiger partial charge is 0.341 e. The number of esters is 1. The van der Waals surface area contributed by atoms with Crippen LogP contribution in [-0.2, 0) is 11.3 Å². The van der Waals surface area contributed by atoms with Gasteiger partial charge in [0.15, 0.2) is 5.78 Å². The summed E-state index contributed by atoms with van der Waals surface area (Å²) in [4.78, 5) is 23.7. The molecule has 0 saturated carbocycles. The summed E-state index contributed by atoms with van der Waals surface area (Å²) in [5.74, 6) is -0.479. The van der Waals surface area contributed by atoms with Crippen LogP contribution in [0.3, 0.4) is 0 Å². The highest BCUT2D eigenvalue weighted by Crippen LogP contribution is 2.29. The van der Waals surface area contributed by atoms with Crippen LogP contribution in [0, 0.1) is 0 Å². The van der Waals surface area contributed by atoms with Gasteiger partial charge in [-0.05, 0) is 25.5 Å². The van der Waals surface area contributed by atoms with Gasteiger partial charge < -0.3 is 9.47 Å². The molecule has 0 aliphatic carbocycles. The molecule has 5 heteroatoms. The molecule has 4 nitrogen and oxygen atoms in total. The molecule has 0 fully saturated rings. The Morgan fingerprint density at radius 2 is 1.78 bits per heavy atom. The summed E-state index contributed by atoms with van der Waals surface area (Å²) >= 11 is 6.11. The van der Waals surface area contributed by atoms with Crippen LogP contribution < -0.4 is 4.74 Å². The monoisotopic (exact) mass is 332 g/mol. The summed E-state index contributed by atoms with van der Waals surface area (Å²) in [6.07, 6.45) is 0. The fourth-order valence-electron chi connectivity index (χ4n) is 2.05. The second-order valence-electron chi connectivity index (χ2n) is 4.88. The van der Waals surface area contributed by atoms with Gasteiger partial charge in [-0.2, -0.15) is 0 Å². The number of hydrogen-bond donors (Lipinski definition) is 0. The van der Waals surface area contributed by atoms with E-state index in [0.717, 1.165) is 5.56 Å². The zero-order valence-corrected chi connectivity index (χ0v) is 13.7. The standard InChI is InChI=1S/C18H17ClO4/c1-3-22-18(21)15-9-14(12(2)20)16(19)10-17(15)23-11-13-7-5-4-6-8-13/h4-10H,3,11H2,1-2H3. The molecular weight excluding hydrogens is 316 g/mol. The minimum absolute atomic E-state index is 0.192. The quantitative estimate of drug-likeness (QED) is 0.584. The van der Waals surface area contributed by atoms with Gasteiger partial charge in [0.05, 0.1) is 11.6 Å². The Morgan fingerprint density at radius 1 is 1.09 bits per heavy atom. The molecule has 0 unspecified atom stereocenters. The minimum Gasteiger partial charge on any atom is -0.488 e. The summed E-state index contributed by atoms with van der Waals surface area (Å²) in [5, 5.41) is 0.244. The summed E-state index contributed by atoms with van der Waals surface area (Å²) in [7, 11) is 0. The Kier molecular flexibility index (Phi) is 5.77. The highest BCUT2D eigenvalue weighted by Gasteiger charge is 2.19. The van der Waals surface area contributed by atoms with Gasteiger partial charge in [0.2, 0.25) is 0 Å². The molecule has 0 radical (unpaired) electrons. The maximum absolute atomic E-state index is 12.1. The maximum atomic E-state index is 12.1. The number of Topliss-reactive ketones (excluding diaryl/α,β-unsaturated/α-hetero) is 1. The normalized spacial score (nSPS) is 10.2. The Hall–Kier alpha value is -2.33. The van der Waals surface area contributed by atoms with E-state index in [4.69, 9.17) is 21.1 Å². The number of carbonyl (C=O) groups excluding carboxylic acids is 2. The van der Waals surface area contributed by atoms with Crippen molar-refractivity contribution in [3.63, 3.8) is 0 Å². The van der Waals surface area contributed by atoms with Crippen molar-refractivity contribution in [2.75, 3.05) is 6.61 Å². The average Bonchev–Trinajstić information content (AvgIpc) is 2.53. The van der Waals surface area contributed by atoms with Crippen molar-refractivity contribution < 1.29 is 19.1 Å². The van der Waals surface area contributed by atoms with E-state index in [-0.39, 0.29) is 35.1 Å². The fourth-order valence-corrected chi connectivity index (χ4v) is 2.33. The van der Waals surface area contributed by atoms with Crippen molar-refractivity contribution in [1.82, 2.24) is 0 Å². The van der Waals surface area contributed by atoms with E-state index < -0.39 is 5.97 Å². The molecular formula is C18H17ClO4. The van der Waals surface area contributed by atoms with E-state index in [1.165, 1.54) is 19.1 Å². The van der Waals surface area contributed by atoms with E-state index in [2.05, 4.69) is 0 Å². The van der Waals surface area contributed by atoms with Crippen molar-refractivity contribution in [3.05, 3.63) is 64.2 Å². The third-order valence-electron chi connectivity index (χ3n) is 3.18. The van der Waals surface area contributed by atoms with Crippen molar-refractivity contribution in [1.29, 1.82) is 0 Å². The number of benzene rings is 2. The van der Waals surface area contributed by atoms with Gasteiger partial charge in [-0.3, -0.25) is 4.79 Å². The van der Waals surface area contributed by atoms with Crippen LogP contribution >= 0.6 is 11.6 Å². The SMILES string of the molecule is CCOC(=O)c1cc(C(C)=O)c(Cl)cc1OCc1ccccc1. The average molecular weight is 333 g/mol. The zero-order valence-electron chi connectivity index (χ0n) is 13.0. The Labute approximate surface area is 140 Å². The number of rotatable bonds is 6. The Bertz CT molecular complexity index is 710. The Balaban J connectivity index is 2.34. The summed E-state index contributed by atoms with van der Waals surface area (Å²) in [5.41, 5.74) is 1.41. The number of hydrogen-bond acceptors (Lipinski definition) is 4. The van der Waals surface area contributed by atoms with Crippen LogP contribution in [0.2, 0.25) is 5.02 Å². The lowest BCUT2D eigenvalue weighted by Crippen LogP contribution is -2.10. The lowest BCUT2D eigenvalue weighted by atomic mass is 10.1. The van der Waals surface area contributed by atoms with Gasteiger partial charge in [0.1, 0.15) is 17.9 Å². The van der Waals surface area contributed by atoms with Crippen LogP contribution in [0.4, 0.5) is 0 Å². The first-order valence-electron chi connectivity index (χ1n) is 7.21. The molecule has 0 atom stereocenters. The molecule has 0 aromatic heterocycles. The van der Waals surface area contributed by atoms with Gasteiger partial charge in [0, 0.05) is 11.6 Å². The number of ketones is 1. The van der Waals surface area contributed by atoms with Gasteiger partial charge >= 0.3 is 5.97 Å². The van der Waals surface area contributed by atoms with Crippen molar-refractivity contribution in [2.45, 2.75) is 20.5 Å². The van der Waals surface area contributed by atoms with E-state index in [1.54, 1.807) is 6.92 Å². The van der Waals surface area contributed by atoms with Crippen LogP contribution in [0.5, 0.6) is 5.75 Å². The van der Waals surface area contributed by atoms with Crippen LogP contribution in [0.15, 0.2) is 42.5 Å². The summed E-state index contributed by atoms with van der Waals surface area (Å²) < 4.78 is 10.7. The molecule has 0 saturated heterocycles. The van der Waals surface area contributed by atoms with E-state index in [1.807, 2.05) is 30.3 Å². The largest absolute Gasteiger partial charge is 0.488 e. The molecule has 2 rings (SSSR count). The third kappa shape index (κ3) is 4.33. The van der Waals surface area contributed by atoms with Gasteiger partial charge in [-0.25, -0.2) is 4.79 Å². The molecule has 120 valence electrons. The first kappa shape index (κ1) is 17.0. The van der Waals surface area contributed by atoms with Crippen LogP contribution in [-0.4, -0.2) is 18.4 Å². The van der Waals surface area contributed by atoms with Gasteiger partial charge in [-0.1, -0.05) is 41.9 Å².